The van der Waals surface area contributed by atoms with Crippen LogP contribution in [0.2, 0.25) is 0 Å². The summed E-state index contributed by atoms with van der Waals surface area (Å²) in [5.74, 6) is 1.52. The van der Waals surface area contributed by atoms with E-state index in [2.05, 4.69) is 47.6 Å². The Hall–Kier alpha value is -3.01. The first-order valence-corrected chi connectivity index (χ1v) is 9.91. The van der Waals surface area contributed by atoms with Gasteiger partial charge in [0, 0.05) is 18.0 Å². The predicted molar refractivity (Wildman–Crippen MR) is 113 cm³/mol. The van der Waals surface area contributed by atoms with E-state index in [0.29, 0.717) is 30.6 Å². The maximum atomic E-state index is 12.7. The first kappa shape index (κ1) is 18.4. The van der Waals surface area contributed by atoms with Gasteiger partial charge in [-0.05, 0) is 37.0 Å². The number of anilines is 1. The van der Waals surface area contributed by atoms with E-state index in [1.54, 1.807) is 6.08 Å². The number of rotatable bonds is 6. The Bertz CT molecular complexity index is 919. The van der Waals surface area contributed by atoms with Crippen LogP contribution in [-0.4, -0.2) is 19.1 Å². The molecule has 144 valence electrons. The second kappa shape index (κ2) is 7.93. The molecule has 3 atom stereocenters. The van der Waals surface area contributed by atoms with Crippen molar-refractivity contribution in [2.24, 2.45) is 5.92 Å². The van der Waals surface area contributed by atoms with E-state index in [-0.39, 0.29) is 11.9 Å². The van der Waals surface area contributed by atoms with Gasteiger partial charge in [0.1, 0.15) is 5.75 Å². The number of hydrogen-bond donors (Lipinski definition) is 2. The number of amides is 1. The lowest BCUT2D eigenvalue weighted by atomic mass is 9.76. The predicted octanol–water partition coefficient (Wildman–Crippen LogP) is 4.83. The van der Waals surface area contributed by atoms with Crippen molar-refractivity contribution >= 4 is 11.6 Å². The van der Waals surface area contributed by atoms with Gasteiger partial charge in [0.05, 0.1) is 23.9 Å². The van der Waals surface area contributed by atoms with E-state index < -0.39 is 0 Å². The first-order chi connectivity index (χ1) is 13.7. The highest BCUT2D eigenvalue weighted by Gasteiger charge is 2.40. The summed E-state index contributed by atoms with van der Waals surface area (Å²) >= 11 is 0. The molecule has 2 N–H and O–H groups in total. The van der Waals surface area contributed by atoms with Crippen molar-refractivity contribution in [1.82, 2.24) is 5.32 Å². The van der Waals surface area contributed by atoms with Gasteiger partial charge in [-0.3, -0.25) is 4.79 Å². The lowest BCUT2D eigenvalue weighted by Crippen LogP contribution is -2.32. The van der Waals surface area contributed by atoms with E-state index in [4.69, 9.17) is 4.74 Å². The smallest absolute Gasteiger partial charge is 0.253 e. The Labute approximate surface area is 166 Å². The molecule has 4 heteroatoms. The largest absolute Gasteiger partial charge is 0.494 e. The van der Waals surface area contributed by atoms with Crippen LogP contribution < -0.4 is 15.4 Å². The average Bonchev–Trinajstić information content (AvgIpc) is 3.22. The van der Waals surface area contributed by atoms with Crippen molar-refractivity contribution < 1.29 is 9.53 Å². The van der Waals surface area contributed by atoms with E-state index in [1.165, 1.54) is 5.56 Å². The van der Waals surface area contributed by atoms with E-state index in [0.717, 1.165) is 23.4 Å². The number of benzene rings is 2. The molecule has 1 aliphatic carbocycles. The normalized spacial score (nSPS) is 22.0. The molecule has 0 fully saturated rings. The fourth-order valence-corrected chi connectivity index (χ4v) is 4.40. The maximum Gasteiger partial charge on any atom is 0.253 e. The summed E-state index contributed by atoms with van der Waals surface area (Å²) in [4.78, 5) is 12.7. The number of nitrogens with one attached hydrogen (secondary N) is 2. The number of hydrogen-bond acceptors (Lipinski definition) is 3. The molecule has 4 nitrogen and oxygen atoms in total. The van der Waals surface area contributed by atoms with Gasteiger partial charge in [0.2, 0.25) is 0 Å². The summed E-state index contributed by atoms with van der Waals surface area (Å²) in [6.07, 6.45) is 7.24. The Morgan fingerprint density at radius 2 is 2.07 bits per heavy atom. The van der Waals surface area contributed by atoms with Gasteiger partial charge < -0.3 is 15.4 Å². The molecule has 0 saturated carbocycles. The average molecular weight is 374 g/mol. The molecule has 2 aliphatic rings. The third kappa shape index (κ3) is 3.19. The SMILES string of the molecule is C=CCNC(=O)c1cccc2c1NC(c1ccccc1OCC)C1CC=CC21. The zero-order chi connectivity index (χ0) is 19.5. The third-order valence-electron chi connectivity index (χ3n) is 5.60. The zero-order valence-corrected chi connectivity index (χ0v) is 16.2. The van der Waals surface area contributed by atoms with Gasteiger partial charge in [-0.25, -0.2) is 0 Å². The van der Waals surface area contributed by atoms with Crippen molar-refractivity contribution in [3.8, 4) is 5.75 Å². The lowest BCUT2D eigenvalue weighted by Gasteiger charge is -2.38. The third-order valence-corrected chi connectivity index (χ3v) is 5.60. The molecule has 0 aromatic heterocycles. The van der Waals surface area contributed by atoms with Crippen molar-refractivity contribution in [3.05, 3.63) is 84.0 Å². The summed E-state index contributed by atoms with van der Waals surface area (Å²) in [5, 5.41) is 6.61. The van der Waals surface area contributed by atoms with Gasteiger partial charge in [0.15, 0.2) is 0 Å². The monoisotopic (exact) mass is 374 g/mol. The molecule has 0 radical (unpaired) electrons. The van der Waals surface area contributed by atoms with Crippen molar-refractivity contribution in [1.29, 1.82) is 0 Å². The molecule has 1 amide bonds. The number of ether oxygens (including phenoxy) is 1. The van der Waals surface area contributed by atoms with Gasteiger partial charge in [-0.1, -0.05) is 48.6 Å². The van der Waals surface area contributed by atoms with Crippen molar-refractivity contribution in [3.63, 3.8) is 0 Å². The Kier molecular flexibility index (Phi) is 5.20. The van der Waals surface area contributed by atoms with Crippen LogP contribution in [0.5, 0.6) is 5.75 Å². The Balaban J connectivity index is 1.77. The highest BCUT2D eigenvalue weighted by atomic mass is 16.5. The number of allylic oxidation sites excluding steroid dienone is 2. The quantitative estimate of drug-likeness (QED) is 0.712. The molecular weight excluding hydrogens is 348 g/mol. The molecule has 0 spiro atoms. The minimum atomic E-state index is -0.0819. The topological polar surface area (TPSA) is 50.4 Å². The molecule has 4 rings (SSSR count). The van der Waals surface area contributed by atoms with Crippen LogP contribution in [0.25, 0.3) is 0 Å². The van der Waals surface area contributed by atoms with Crippen LogP contribution in [0.15, 0.2) is 67.3 Å². The number of carbonyl (C=O) groups is 1. The summed E-state index contributed by atoms with van der Waals surface area (Å²) in [5.41, 5.74) is 3.94. The summed E-state index contributed by atoms with van der Waals surface area (Å²) in [7, 11) is 0. The Morgan fingerprint density at radius 1 is 1.25 bits per heavy atom. The van der Waals surface area contributed by atoms with E-state index >= 15 is 0 Å². The van der Waals surface area contributed by atoms with Crippen molar-refractivity contribution in [2.75, 3.05) is 18.5 Å². The van der Waals surface area contributed by atoms with Crippen LogP contribution in [0.4, 0.5) is 5.69 Å². The second-order valence-electron chi connectivity index (χ2n) is 7.21. The van der Waals surface area contributed by atoms with E-state index in [9.17, 15) is 4.79 Å². The first-order valence-electron chi connectivity index (χ1n) is 9.91. The molecular formula is C24H26N2O2. The fraction of sp³-hybridized carbons (Fsp3) is 0.292. The highest BCUT2D eigenvalue weighted by molar-refractivity contribution is 6.00. The number of fused-ring (bicyclic) bond motifs is 3. The van der Waals surface area contributed by atoms with Crippen molar-refractivity contribution in [2.45, 2.75) is 25.3 Å². The van der Waals surface area contributed by atoms with Crippen LogP contribution in [-0.2, 0) is 0 Å². The summed E-state index contributed by atoms with van der Waals surface area (Å²) in [6.45, 7) is 6.76. The molecule has 0 bridgehead atoms. The summed E-state index contributed by atoms with van der Waals surface area (Å²) < 4.78 is 5.91. The van der Waals surface area contributed by atoms with E-state index in [1.807, 2.05) is 31.2 Å². The molecule has 1 heterocycles. The number of carbonyl (C=O) groups excluding carboxylic acids is 1. The lowest BCUT2D eigenvalue weighted by molar-refractivity contribution is 0.0958. The Morgan fingerprint density at radius 3 is 2.89 bits per heavy atom. The van der Waals surface area contributed by atoms with Gasteiger partial charge in [-0.2, -0.15) is 0 Å². The maximum absolute atomic E-state index is 12.7. The van der Waals surface area contributed by atoms with Crippen LogP contribution >= 0.6 is 0 Å². The van der Waals surface area contributed by atoms with Crippen LogP contribution in [0.1, 0.15) is 46.8 Å². The minimum Gasteiger partial charge on any atom is -0.494 e. The molecule has 2 aromatic rings. The molecule has 0 saturated heterocycles. The van der Waals surface area contributed by atoms with Gasteiger partial charge in [-0.15, -0.1) is 6.58 Å². The fourth-order valence-electron chi connectivity index (χ4n) is 4.40. The summed E-state index contributed by atoms with van der Waals surface area (Å²) in [6, 6.07) is 14.3. The minimum absolute atomic E-state index is 0.0819. The van der Waals surface area contributed by atoms with Crippen LogP contribution in [0.3, 0.4) is 0 Å². The molecule has 1 aliphatic heterocycles. The highest BCUT2D eigenvalue weighted by Crippen LogP contribution is 2.51. The van der Waals surface area contributed by atoms with Gasteiger partial charge >= 0.3 is 0 Å². The second-order valence-corrected chi connectivity index (χ2v) is 7.21. The molecule has 28 heavy (non-hydrogen) atoms. The van der Waals surface area contributed by atoms with Gasteiger partial charge in [0.25, 0.3) is 5.91 Å². The molecule has 2 aromatic carbocycles. The zero-order valence-electron chi connectivity index (χ0n) is 16.2. The molecule has 3 unspecified atom stereocenters. The number of para-hydroxylation sites is 2. The standard InChI is InChI=1S/C24H26N2O2/c1-3-15-25-24(27)20-13-8-12-18-16-10-7-11-17(16)22(26-23(18)20)19-9-5-6-14-21(19)28-4-2/h3,5-10,12-14,16-17,22,26H,1,4,11,15H2,2H3,(H,25,27). The van der Waals surface area contributed by atoms with Crippen LogP contribution in [0, 0.1) is 5.92 Å².